The third-order valence-electron chi connectivity index (χ3n) is 3.78. The first kappa shape index (κ1) is 14.3. The molecule has 2 rings (SSSR count). The molecule has 0 saturated heterocycles. The van der Waals surface area contributed by atoms with E-state index in [1.807, 2.05) is 0 Å². The molecule has 0 radical (unpaired) electrons. The molecule has 1 aliphatic rings. The number of hydrogen-bond acceptors (Lipinski definition) is 4. The van der Waals surface area contributed by atoms with Crippen molar-refractivity contribution in [3.63, 3.8) is 0 Å². The minimum Gasteiger partial charge on any atom is -0.381 e. The maximum atomic E-state index is 10.8. The molecule has 0 unspecified atom stereocenters. The minimum absolute atomic E-state index is 0.0743. The molecule has 1 aromatic rings. The van der Waals surface area contributed by atoms with Gasteiger partial charge in [-0.25, -0.2) is 0 Å². The maximum absolute atomic E-state index is 10.8. The molecule has 1 aliphatic carbocycles. The summed E-state index contributed by atoms with van der Waals surface area (Å²) in [5.74, 6) is 0. The summed E-state index contributed by atoms with van der Waals surface area (Å²) in [5, 5.41) is 14.2. The predicted molar refractivity (Wildman–Crippen MR) is 77.6 cm³/mol. The number of nitrogens with zero attached hydrogens (tertiary/aromatic N) is 1. The van der Waals surface area contributed by atoms with Crippen LogP contribution in [-0.4, -0.2) is 24.2 Å². The van der Waals surface area contributed by atoms with E-state index >= 15 is 0 Å². The molecule has 0 heterocycles. The van der Waals surface area contributed by atoms with Crippen molar-refractivity contribution in [1.29, 1.82) is 0 Å². The van der Waals surface area contributed by atoms with Crippen molar-refractivity contribution in [3.05, 3.63) is 32.3 Å². The zero-order valence-electron chi connectivity index (χ0n) is 11.0. The lowest BCUT2D eigenvalue weighted by atomic mass is 9.80. The quantitative estimate of drug-likeness (QED) is 0.661. The van der Waals surface area contributed by atoms with Gasteiger partial charge in [-0.15, -0.1) is 0 Å². The van der Waals surface area contributed by atoms with Crippen molar-refractivity contribution < 1.29 is 9.66 Å². The molecule has 0 aromatic heterocycles. The Morgan fingerprint density at radius 2 is 2.21 bits per heavy atom. The molecule has 0 spiro atoms. The lowest BCUT2D eigenvalue weighted by molar-refractivity contribution is -0.385. The van der Waals surface area contributed by atoms with E-state index < -0.39 is 0 Å². The van der Waals surface area contributed by atoms with E-state index in [1.54, 1.807) is 20.1 Å². The summed E-state index contributed by atoms with van der Waals surface area (Å²) >= 11 is 3.37. The fraction of sp³-hybridized carbons (Fsp3) is 0.538. The SMILES string of the molecule is COC1(CNc2cc(C)c([N+](=O)[O-])cc2Br)CCC1. The average molecular weight is 329 g/mol. The highest BCUT2D eigenvalue weighted by molar-refractivity contribution is 9.10. The largest absolute Gasteiger partial charge is 0.381 e. The lowest BCUT2D eigenvalue weighted by Crippen LogP contribution is -2.45. The number of methoxy groups -OCH3 is 1. The van der Waals surface area contributed by atoms with Gasteiger partial charge in [-0.2, -0.15) is 0 Å². The number of benzene rings is 1. The Morgan fingerprint density at radius 3 is 2.68 bits per heavy atom. The molecule has 19 heavy (non-hydrogen) atoms. The molecule has 0 atom stereocenters. The summed E-state index contributed by atoms with van der Waals surface area (Å²) in [6, 6.07) is 3.34. The second kappa shape index (κ2) is 5.46. The first-order valence-electron chi connectivity index (χ1n) is 6.21. The van der Waals surface area contributed by atoms with Crippen molar-refractivity contribution in [2.45, 2.75) is 31.8 Å². The van der Waals surface area contributed by atoms with Crippen LogP contribution in [0.1, 0.15) is 24.8 Å². The Bertz CT molecular complexity index is 495. The fourth-order valence-electron chi connectivity index (χ4n) is 2.28. The number of aryl methyl sites for hydroxylation is 1. The Labute approximate surface area is 120 Å². The van der Waals surface area contributed by atoms with Gasteiger partial charge in [0.05, 0.1) is 10.5 Å². The third-order valence-corrected chi connectivity index (χ3v) is 4.44. The minimum atomic E-state index is -0.369. The summed E-state index contributed by atoms with van der Waals surface area (Å²) < 4.78 is 6.25. The standard InChI is InChI=1S/C13H17BrN2O3/c1-9-6-11(10(14)7-12(9)16(17)18)15-8-13(19-2)4-3-5-13/h6-7,15H,3-5,8H2,1-2H3. The van der Waals surface area contributed by atoms with Gasteiger partial charge >= 0.3 is 0 Å². The van der Waals surface area contributed by atoms with Gasteiger partial charge in [0.2, 0.25) is 0 Å². The van der Waals surface area contributed by atoms with Crippen molar-refractivity contribution >= 4 is 27.3 Å². The molecule has 1 saturated carbocycles. The van der Waals surface area contributed by atoms with Gasteiger partial charge in [-0.05, 0) is 48.2 Å². The van der Waals surface area contributed by atoms with Gasteiger partial charge in [-0.1, -0.05) is 0 Å². The van der Waals surface area contributed by atoms with Crippen LogP contribution >= 0.6 is 15.9 Å². The molecule has 0 amide bonds. The highest BCUT2D eigenvalue weighted by Crippen LogP contribution is 2.36. The van der Waals surface area contributed by atoms with Gasteiger partial charge in [0.1, 0.15) is 0 Å². The lowest BCUT2D eigenvalue weighted by Gasteiger charge is -2.40. The van der Waals surface area contributed by atoms with Crippen LogP contribution in [-0.2, 0) is 4.74 Å². The second-order valence-corrected chi connectivity index (χ2v) is 5.82. The normalized spacial score (nSPS) is 16.8. The summed E-state index contributed by atoms with van der Waals surface area (Å²) in [7, 11) is 1.73. The first-order chi connectivity index (χ1) is 8.97. The summed E-state index contributed by atoms with van der Waals surface area (Å²) in [6.45, 7) is 2.46. The number of halogens is 1. The fourth-order valence-corrected chi connectivity index (χ4v) is 2.76. The second-order valence-electron chi connectivity index (χ2n) is 4.97. The Morgan fingerprint density at radius 1 is 1.53 bits per heavy atom. The molecule has 6 heteroatoms. The molecule has 1 fully saturated rings. The molecule has 0 aliphatic heterocycles. The van der Waals surface area contributed by atoms with Crippen molar-refractivity contribution in [1.82, 2.24) is 0 Å². The van der Waals surface area contributed by atoms with E-state index in [-0.39, 0.29) is 16.2 Å². The monoisotopic (exact) mass is 328 g/mol. The summed E-state index contributed by atoms with van der Waals surface area (Å²) in [5.41, 5.74) is 1.57. The van der Waals surface area contributed by atoms with Crippen LogP contribution in [0.15, 0.2) is 16.6 Å². The molecule has 5 nitrogen and oxygen atoms in total. The van der Waals surface area contributed by atoms with Gasteiger partial charge in [0.15, 0.2) is 0 Å². The van der Waals surface area contributed by atoms with E-state index in [4.69, 9.17) is 4.74 Å². The number of hydrogen-bond donors (Lipinski definition) is 1. The topological polar surface area (TPSA) is 64.4 Å². The van der Waals surface area contributed by atoms with Crippen LogP contribution in [0.5, 0.6) is 0 Å². The molecule has 1 N–H and O–H groups in total. The van der Waals surface area contributed by atoms with Gasteiger partial charge in [0.25, 0.3) is 5.69 Å². The van der Waals surface area contributed by atoms with E-state index in [1.165, 1.54) is 12.5 Å². The number of nitro groups is 1. The number of rotatable bonds is 5. The first-order valence-corrected chi connectivity index (χ1v) is 7.00. The van der Waals surface area contributed by atoms with Crippen molar-refractivity contribution in [2.24, 2.45) is 0 Å². The van der Waals surface area contributed by atoms with Crippen molar-refractivity contribution in [3.8, 4) is 0 Å². The van der Waals surface area contributed by atoms with Crippen LogP contribution in [0.4, 0.5) is 11.4 Å². The molecule has 104 valence electrons. The Kier molecular flexibility index (Phi) is 4.10. The van der Waals surface area contributed by atoms with Crippen LogP contribution in [0.25, 0.3) is 0 Å². The third kappa shape index (κ3) is 2.90. The van der Waals surface area contributed by atoms with Crippen LogP contribution in [0.2, 0.25) is 0 Å². The number of anilines is 1. The number of nitro benzene ring substituents is 1. The zero-order chi connectivity index (χ0) is 14.0. The van der Waals surface area contributed by atoms with E-state index in [0.29, 0.717) is 10.0 Å². The summed E-state index contributed by atoms with van der Waals surface area (Å²) in [6.07, 6.45) is 3.30. The summed E-state index contributed by atoms with van der Waals surface area (Å²) in [4.78, 5) is 10.5. The number of ether oxygens (including phenoxy) is 1. The van der Waals surface area contributed by atoms with E-state index in [9.17, 15) is 10.1 Å². The smallest absolute Gasteiger partial charge is 0.273 e. The Hall–Kier alpha value is -1.14. The Balaban J connectivity index is 2.13. The average Bonchev–Trinajstić information content (AvgIpc) is 2.31. The molecule has 0 bridgehead atoms. The molecule has 1 aromatic carbocycles. The van der Waals surface area contributed by atoms with Gasteiger partial charge < -0.3 is 10.1 Å². The maximum Gasteiger partial charge on any atom is 0.273 e. The van der Waals surface area contributed by atoms with Gasteiger partial charge in [0, 0.05) is 35.4 Å². The van der Waals surface area contributed by atoms with Crippen molar-refractivity contribution in [2.75, 3.05) is 19.0 Å². The zero-order valence-corrected chi connectivity index (χ0v) is 12.6. The van der Waals surface area contributed by atoms with Gasteiger partial charge in [-0.3, -0.25) is 10.1 Å². The molecular weight excluding hydrogens is 312 g/mol. The highest BCUT2D eigenvalue weighted by atomic mass is 79.9. The highest BCUT2D eigenvalue weighted by Gasteiger charge is 2.36. The number of nitrogens with one attached hydrogen (secondary N) is 1. The van der Waals surface area contributed by atoms with Crippen LogP contribution < -0.4 is 5.32 Å². The van der Waals surface area contributed by atoms with E-state index in [0.717, 1.165) is 25.1 Å². The molecular formula is C13H17BrN2O3. The van der Waals surface area contributed by atoms with Crippen LogP contribution in [0.3, 0.4) is 0 Å². The van der Waals surface area contributed by atoms with E-state index in [2.05, 4.69) is 21.2 Å². The van der Waals surface area contributed by atoms with Crippen LogP contribution in [0, 0.1) is 17.0 Å². The predicted octanol–water partition coefficient (Wildman–Crippen LogP) is 3.65.